The molecule has 82 valence electrons. The van der Waals surface area contributed by atoms with E-state index >= 15 is 0 Å². The number of aromatic amines is 1. The zero-order valence-corrected chi connectivity index (χ0v) is 8.92. The quantitative estimate of drug-likeness (QED) is 0.681. The molecule has 1 amide bonds. The lowest BCUT2D eigenvalue weighted by atomic mass is 10.0. The van der Waals surface area contributed by atoms with E-state index in [2.05, 4.69) is 22.5 Å². The van der Waals surface area contributed by atoms with Crippen molar-refractivity contribution in [2.24, 2.45) is 5.92 Å². The Morgan fingerprint density at radius 1 is 1.67 bits per heavy atom. The van der Waals surface area contributed by atoms with Crippen LogP contribution in [0.5, 0.6) is 0 Å². The van der Waals surface area contributed by atoms with Gasteiger partial charge in [-0.2, -0.15) is 0 Å². The zero-order chi connectivity index (χ0) is 10.7. The first kappa shape index (κ1) is 10.2. The normalized spacial score (nSPS) is 25.4. The molecule has 1 fully saturated rings. The fraction of sp³-hybridized carbons (Fsp3) is 0.545. The van der Waals surface area contributed by atoms with Crippen LogP contribution in [-0.2, 0) is 11.3 Å². The molecule has 1 aromatic heterocycles. The van der Waals surface area contributed by atoms with Crippen LogP contribution in [0.25, 0.3) is 0 Å². The van der Waals surface area contributed by atoms with E-state index in [0.717, 1.165) is 18.5 Å². The average molecular weight is 207 g/mol. The molecule has 0 saturated carbocycles. The molecule has 0 spiro atoms. The van der Waals surface area contributed by atoms with E-state index in [4.69, 9.17) is 0 Å². The van der Waals surface area contributed by atoms with Gasteiger partial charge in [0.15, 0.2) is 0 Å². The number of carbonyl (C=O) groups is 1. The predicted molar refractivity (Wildman–Crippen MR) is 58.2 cm³/mol. The molecular formula is C11H17N3O. The van der Waals surface area contributed by atoms with Crippen LogP contribution in [0.3, 0.4) is 0 Å². The van der Waals surface area contributed by atoms with Crippen molar-refractivity contribution in [2.75, 3.05) is 6.54 Å². The minimum absolute atomic E-state index is 0.129. The molecular weight excluding hydrogens is 190 g/mol. The van der Waals surface area contributed by atoms with Crippen LogP contribution in [0.4, 0.5) is 0 Å². The minimum atomic E-state index is 0.129. The molecule has 2 rings (SSSR count). The fourth-order valence-corrected chi connectivity index (χ4v) is 2.01. The van der Waals surface area contributed by atoms with E-state index in [9.17, 15) is 4.79 Å². The maximum Gasteiger partial charge on any atom is 0.224 e. The summed E-state index contributed by atoms with van der Waals surface area (Å²) >= 11 is 0. The van der Waals surface area contributed by atoms with Gasteiger partial charge in [0.2, 0.25) is 5.91 Å². The smallest absolute Gasteiger partial charge is 0.224 e. The highest BCUT2D eigenvalue weighted by atomic mass is 16.1. The Kier molecular flexibility index (Phi) is 3.06. The molecule has 3 N–H and O–H groups in total. The van der Waals surface area contributed by atoms with E-state index in [1.807, 2.05) is 18.5 Å². The van der Waals surface area contributed by atoms with Crippen LogP contribution in [-0.4, -0.2) is 23.5 Å². The predicted octanol–water partition coefficient (Wildman–Crippen LogP) is 0.629. The molecule has 0 aliphatic carbocycles. The maximum atomic E-state index is 11.8. The number of rotatable bonds is 3. The Labute approximate surface area is 89.5 Å². The SMILES string of the molecule is CC1NCCC1C(=O)NCc1cc[nH]c1. The number of amides is 1. The summed E-state index contributed by atoms with van der Waals surface area (Å²) in [5.41, 5.74) is 1.11. The molecule has 0 bridgehead atoms. The Hall–Kier alpha value is -1.29. The Bertz CT molecular complexity index is 321. The van der Waals surface area contributed by atoms with Gasteiger partial charge in [-0.25, -0.2) is 0 Å². The highest BCUT2D eigenvalue weighted by Gasteiger charge is 2.28. The number of carbonyl (C=O) groups excluding carboxylic acids is 1. The minimum Gasteiger partial charge on any atom is -0.367 e. The van der Waals surface area contributed by atoms with E-state index in [-0.39, 0.29) is 11.8 Å². The lowest BCUT2D eigenvalue weighted by Crippen LogP contribution is -2.36. The van der Waals surface area contributed by atoms with Gasteiger partial charge < -0.3 is 15.6 Å². The Morgan fingerprint density at radius 2 is 2.53 bits per heavy atom. The van der Waals surface area contributed by atoms with Crippen LogP contribution in [0, 0.1) is 5.92 Å². The zero-order valence-electron chi connectivity index (χ0n) is 8.92. The summed E-state index contributed by atoms with van der Waals surface area (Å²) in [6.45, 7) is 3.63. The molecule has 1 aromatic rings. The Morgan fingerprint density at radius 3 is 3.13 bits per heavy atom. The third-order valence-corrected chi connectivity index (χ3v) is 2.99. The molecule has 0 radical (unpaired) electrons. The number of hydrogen-bond donors (Lipinski definition) is 3. The van der Waals surface area contributed by atoms with Gasteiger partial charge in [-0.05, 0) is 31.5 Å². The monoisotopic (exact) mass is 207 g/mol. The molecule has 4 heteroatoms. The molecule has 2 heterocycles. The molecule has 4 nitrogen and oxygen atoms in total. The van der Waals surface area contributed by atoms with E-state index in [1.54, 1.807) is 0 Å². The van der Waals surface area contributed by atoms with Gasteiger partial charge in [0, 0.05) is 25.0 Å². The summed E-state index contributed by atoms with van der Waals surface area (Å²) in [4.78, 5) is 14.8. The second kappa shape index (κ2) is 4.49. The second-order valence-corrected chi connectivity index (χ2v) is 4.08. The van der Waals surface area contributed by atoms with Crippen molar-refractivity contribution in [3.05, 3.63) is 24.0 Å². The third kappa shape index (κ3) is 2.39. The van der Waals surface area contributed by atoms with Gasteiger partial charge in [0.1, 0.15) is 0 Å². The van der Waals surface area contributed by atoms with Crippen LogP contribution in [0.2, 0.25) is 0 Å². The lowest BCUT2D eigenvalue weighted by molar-refractivity contribution is -0.125. The van der Waals surface area contributed by atoms with Crippen molar-refractivity contribution in [3.8, 4) is 0 Å². The molecule has 2 atom stereocenters. The summed E-state index contributed by atoms with van der Waals surface area (Å²) < 4.78 is 0. The molecule has 2 unspecified atom stereocenters. The van der Waals surface area contributed by atoms with Gasteiger partial charge in [0.05, 0.1) is 5.92 Å². The van der Waals surface area contributed by atoms with Gasteiger partial charge >= 0.3 is 0 Å². The summed E-state index contributed by atoms with van der Waals surface area (Å²) in [7, 11) is 0. The number of aromatic nitrogens is 1. The highest BCUT2D eigenvalue weighted by molar-refractivity contribution is 5.79. The van der Waals surface area contributed by atoms with Crippen molar-refractivity contribution >= 4 is 5.91 Å². The molecule has 0 aromatic carbocycles. The molecule has 15 heavy (non-hydrogen) atoms. The largest absolute Gasteiger partial charge is 0.367 e. The standard InChI is InChI=1S/C11H17N3O/c1-8-10(3-5-13-8)11(15)14-7-9-2-4-12-6-9/h2,4,6,8,10,12-13H,3,5,7H2,1H3,(H,14,15). The van der Waals surface area contributed by atoms with Gasteiger partial charge in [-0.1, -0.05) is 0 Å². The van der Waals surface area contributed by atoms with E-state index in [0.29, 0.717) is 12.6 Å². The van der Waals surface area contributed by atoms with E-state index in [1.165, 1.54) is 0 Å². The number of H-pyrrole nitrogens is 1. The van der Waals surface area contributed by atoms with Crippen LogP contribution in [0.1, 0.15) is 18.9 Å². The van der Waals surface area contributed by atoms with E-state index < -0.39 is 0 Å². The van der Waals surface area contributed by atoms with Crippen molar-refractivity contribution in [1.82, 2.24) is 15.6 Å². The number of hydrogen-bond acceptors (Lipinski definition) is 2. The summed E-state index contributed by atoms with van der Waals surface area (Å²) in [5.74, 6) is 0.289. The van der Waals surface area contributed by atoms with Crippen molar-refractivity contribution < 1.29 is 4.79 Å². The first-order chi connectivity index (χ1) is 7.27. The second-order valence-electron chi connectivity index (χ2n) is 4.08. The van der Waals surface area contributed by atoms with Gasteiger partial charge in [-0.15, -0.1) is 0 Å². The average Bonchev–Trinajstić information content (AvgIpc) is 2.84. The topological polar surface area (TPSA) is 56.9 Å². The van der Waals surface area contributed by atoms with Crippen molar-refractivity contribution in [1.29, 1.82) is 0 Å². The first-order valence-corrected chi connectivity index (χ1v) is 5.40. The fourth-order valence-electron chi connectivity index (χ4n) is 2.01. The Balaban J connectivity index is 1.82. The summed E-state index contributed by atoms with van der Waals surface area (Å²) in [6.07, 6.45) is 4.71. The summed E-state index contributed by atoms with van der Waals surface area (Å²) in [6, 6.07) is 2.27. The van der Waals surface area contributed by atoms with Gasteiger partial charge in [0.25, 0.3) is 0 Å². The molecule has 1 aliphatic rings. The highest BCUT2D eigenvalue weighted by Crippen LogP contribution is 2.15. The number of nitrogens with one attached hydrogen (secondary N) is 3. The first-order valence-electron chi connectivity index (χ1n) is 5.40. The molecule has 1 aliphatic heterocycles. The van der Waals surface area contributed by atoms with Gasteiger partial charge in [-0.3, -0.25) is 4.79 Å². The van der Waals surface area contributed by atoms with Crippen LogP contribution < -0.4 is 10.6 Å². The third-order valence-electron chi connectivity index (χ3n) is 2.99. The lowest BCUT2D eigenvalue weighted by Gasteiger charge is -2.14. The molecule has 1 saturated heterocycles. The van der Waals surface area contributed by atoms with Crippen molar-refractivity contribution in [2.45, 2.75) is 25.9 Å². The summed E-state index contributed by atoms with van der Waals surface area (Å²) in [5, 5.41) is 6.24. The van der Waals surface area contributed by atoms with Crippen molar-refractivity contribution in [3.63, 3.8) is 0 Å². The van der Waals surface area contributed by atoms with Crippen LogP contribution >= 0.6 is 0 Å². The van der Waals surface area contributed by atoms with Crippen LogP contribution in [0.15, 0.2) is 18.5 Å². The maximum absolute atomic E-state index is 11.8.